The number of hydrogen-bond acceptors (Lipinski definition) is 1. The average Bonchev–Trinajstić information content (AvgIpc) is 2.78. The first-order valence-corrected chi connectivity index (χ1v) is 7.24. The van der Waals surface area contributed by atoms with Gasteiger partial charge in [0.15, 0.2) is 0 Å². The van der Waals surface area contributed by atoms with Crippen molar-refractivity contribution in [2.45, 2.75) is 20.3 Å². The molecule has 1 aromatic heterocycles. The van der Waals surface area contributed by atoms with E-state index in [1.807, 2.05) is 19.2 Å². The Labute approximate surface area is 125 Å². The van der Waals surface area contributed by atoms with E-state index in [0.29, 0.717) is 12.1 Å². The molecule has 3 rings (SSSR count). The van der Waals surface area contributed by atoms with Crippen molar-refractivity contribution < 1.29 is 0 Å². The molecule has 0 radical (unpaired) electrons. The van der Waals surface area contributed by atoms with Gasteiger partial charge in [-0.1, -0.05) is 35.9 Å². The molecular weight excluding hydrogens is 256 g/mol. The summed E-state index contributed by atoms with van der Waals surface area (Å²) >= 11 is 0. The van der Waals surface area contributed by atoms with Gasteiger partial charge in [-0.05, 0) is 37.1 Å². The first-order valence-electron chi connectivity index (χ1n) is 7.24. The fourth-order valence-electron chi connectivity index (χ4n) is 2.84. The van der Waals surface area contributed by atoms with E-state index in [-0.39, 0.29) is 0 Å². The van der Waals surface area contributed by atoms with Crippen LogP contribution < -0.4 is 0 Å². The topological polar surface area (TPSA) is 28.8 Å². The number of benzene rings is 2. The molecule has 21 heavy (non-hydrogen) atoms. The number of nitrogens with zero attached hydrogens (tertiary/aromatic N) is 1. The minimum atomic E-state index is 0.680. The number of rotatable bonds is 3. The van der Waals surface area contributed by atoms with E-state index in [1.165, 1.54) is 27.6 Å². The quantitative estimate of drug-likeness (QED) is 0.687. The van der Waals surface area contributed by atoms with E-state index in [9.17, 15) is 0 Å². The highest BCUT2D eigenvalue weighted by atomic mass is 14.9. The normalized spacial score (nSPS) is 11.0. The molecule has 0 bridgehead atoms. The lowest BCUT2D eigenvalue weighted by Crippen LogP contribution is -2.04. The summed E-state index contributed by atoms with van der Waals surface area (Å²) in [4.78, 5) is 0. The van der Waals surface area contributed by atoms with Crippen molar-refractivity contribution in [3.63, 3.8) is 0 Å². The molecule has 0 atom stereocenters. The molecule has 0 saturated heterocycles. The molecule has 1 N–H and O–H groups in total. The Morgan fingerprint density at radius 3 is 2.62 bits per heavy atom. The Morgan fingerprint density at radius 2 is 1.86 bits per heavy atom. The standard InChI is InChI=1S/C19H20N2/c1-13-8-9-19-16(10-13)17(12-21(19)3)18(20)11-15-7-5-4-6-14(15)2/h4-10,12,20H,11H2,1-3H3. The number of fused-ring (bicyclic) bond motifs is 1. The molecule has 0 amide bonds. The summed E-state index contributed by atoms with van der Waals surface area (Å²) in [6.07, 6.45) is 2.75. The van der Waals surface area contributed by atoms with Crippen LogP contribution >= 0.6 is 0 Å². The fourth-order valence-corrected chi connectivity index (χ4v) is 2.84. The van der Waals surface area contributed by atoms with Gasteiger partial charge in [-0.3, -0.25) is 0 Å². The summed E-state index contributed by atoms with van der Waals surface area (Å²) in [5.74, 6) is 0. The van der Waals surface area contributed by atoms with Gasteiger partial charge in [-0.2, -0.15) is 0 Å². The highest BCUT2D eigenvalue weighted by molar-refractivity contribution is 6.10. The molecule has 0 spiro atoms. The Bertz CT molecular complexity index is 825. The van der Waals surface area contributed by atoms with Gasteiger partial charge in [-0.25, -0.2) is 0 Å². The minimum Gasteiger partial charge on any atom is -0.350 e. The van der Waals surface area contributed by atoms with Crippen molar-refractivity contribution >= 4 is 16.6 Å². The minimum absolute atomic E-state index is 0.680. The summed E-state index contributed by atoms with van der Waals surface area (Å²) < 4.78 is 2.11. The van der Waals surface area contributed by atoms with Crippen LogP contribution in [0.25, 0.3) is 10.9 Å². The van der Waals surface area contributed by atoms with E-state index < -0.39 is 0 Å². The zero-order valence-corrected chi connectivity index (χ0v) is 12.8. The number of nitrogens with one attached hydrogen (secondary N) is 1. The molecule has 0 saturated carbocycles. The first-order chi connectivity index (χ1) is 10.1. The van der Waals surface area contributed by atoms with Crippen molar-refractivity contribution in [1.82, 2.24) is 4.57 Å². The Hall–Kier alpha value is -2.35. The third kappa shape index (κ3) is 2.49. The molecule has 2 heteroatoms. The molecule has 0 aliphatic heterocycles. The van der Waals surface area contributed by atoms with Crippen molar-refractivity contribution in [2.75, 3.05) is 0 Å². The van der Waals surface area contributed by atoms with Crippen LogP contribution in [0.3, 0.4) is 0 Å². The van der Waals surface area contributed by atoms with Crippen LogP contribution in [0.15, 0.2) is 48.7 Å². The predicted molar refractivity (Wildman–Crippen MR) is 89.4 cm³/mol. The second-order valence-electron chi connectivity index (χ2n) is 5.76. The molecule has 0 aliphatic carbocycles. The zero-order valence-electron chi connectivity index (χ0n) is 12.8. The van der Waals surface area contributed by atoms with Gasteiger partial charge in [0.2, 0.25) is 0 Å². The first kappa shape index (κ1) is 13.6. The summed E-state index contributed by atoms with van der Waals surface area (Å²) in [6.45, 7) is 4.21. The van der Waals surface area contributed by atoms with E-state index in [2.05, 4.69) is 54.9 Å². The zero-order chi connectivity index (χ0) is 15.0. The summed E-state index contributed by atoms with van der Waals surface area (Å²) in [6, 6.07) is 14.7. The van der Waals surface area contributed by atoms with Crippen LogP contribution in [0.1, 0.15) is 22.3 Å². The lowest BCUT2D eigenvalue weighted by molar-refractivity contribution is 0.967. The van der Waals surface area contributed by atoms with Crippen LogP contribution in [0, 0.1) is 19.3 Å². The van der Waals surface area contributed by atoms with Crippen LogP contribution in [-0.4, -0.2) is 10.3 Å². The molecule has 106 valence electrons. The molecule has 0 aliphatic rings. The average molecular weight is 276 g/mol. The smallest absolute Gasteiger partial charge is 0.0484 e. The maximum absolute atomic E-state index is 8.52. The van der Waals surface area contributed by atoms with E-state index >= 15 is 0 Å². The maximum atomic E-state index is 8.52. The van der Waals surface area contributed by atoms with Crippen molar-refractivity contribution in [3.8, 4) is 0 Å². The molecule has 2 aromatic carbocycles. The fraction of sp³-hybridized carbons (Fsp3) is 0.211. The van der Waals surface area contributed by atoms with E-state index in [0.717, 1.165) is 5.56 Å². The Morgan fingerprint density at radius 1 is 1.10 bits per heavy atom. The van der Waals surface area contributed by atoms with Crippen molar-refractivity contribution in [1.29, 1.82) is 5.41 Å². The Balaban J connectivity index is 2.02. The molecule has 0 fully saturated rings. The second-order valence-corrected chi connectivity index (χ2v) is 5.76. The maximum Gasteiger partial charge on any atom is 0.0484 e. The van der Waals surface area contributed by atoms with Crippen LogP contribution in [-0.2, 0) is 13.5 Å². The van der Waals surface area contributed by atoms with Gasteiger partial charge in [0.1, 0.15) is 0 Å². The number of aromatic nitrogens is 1. The monoisotopic (exact) mass is 276 g/mol. The lowest BCUT2D eigenvalue weighted by Gasteiger charge is -2.06. The highest BCUT2D eigenvalue weighted by Crippen LogP contribution is 2.23. The number of aryl methyl sites for hydroxylation is 3. The van der Waals surface area contributed by atoms with Crippen LogP contribution in [0.4, 0.5) is 0 Å². The van der Waals surface area contributed by atoms with Gasteiger partial charge >= 0.3 is 0 Å². The van der Waals surface area contributed by atoms with Crippen LogP contribution in [0.5, 0.6) is 0 Å². The molecule has 2 nitrogen and oxygen atoms in total. The summed E-state index contributed by atoms with van der Waals surface area (Å²) in [5.41, 5.74) is 6.62. The molecule has 1 heterocycles. The summed E-state index contributed by atoms with van der Waals surface area (Å²) in [5, 5.41) is 9.69. The molecule has 0 unspecified atom stereocenters. The van der Waals surface area contributed by atoms with Crippen molar-refractivity contribution in [2.24, 2.45) is 7.05 Å². The SMILES string of the molecule is Cc1ccc2c(c1)c(C(=N)Cc1ccccc1C)cn2C. The van der Waals surface area contributed by atoms with Gasteiger partial charge in [0.25, 0.3) is 0 Å². The van der Waals surface area contributed by atoms with E-state index in [1.54, 1.807) is 0 Å². The third-order valence-electron chi connectivity index (χ3n) is 4.10. The second kappa shape index (κ2) is 5.21. The van der Waals surface area contributed by atoms with Gasteiger partial charge in [0, 0.05) is 41.8 Å². The highest BCUT2D eigenvalue weighted by Gasteiger charge is 2.12. The molecular formula is C19H20N2. The lowest BCUT2D eigenvalue weighted by atomic mass is 9.98. The van der Waals surface area contributed by atoms with E-state index in [4.69, 9.17) is 5.41 Å². The van der Waals surface area contributed by atoms with Gasteiger partial charge in [0.05, 0.1) is 0 Å². The van der Waals surface area contributed by atoms with Gasteiger partial charge in [-0.15, -0.1) is 0 Å². The Kier molecular flexibility index (Phi) is 3.38. The number of hydrogen-bond donors (Lipinski definition) is 1. The van der Waals surface area contributed by atoms with Crippen molar-refractivity contribution in [3.05, 3.63) is 70.9 Å². The third-order valence-corrected chi connectivity index (χ3v) is 4.10. The largest absolute Gasteiger partial charge is 0.350 e. The van der Waals surface area contributed by atoms with Crippen LogP contribution in [0.2, 0.25) is 0 Å². The molecule has 3 aromatic rings. The van der Waals surface area contributed by atoms with Gasteiger partial charge < -0.3 is 9.98 Å². The summed E-state index contributed by atoms with van der Waals surface area (Å²) in [7, 11) is 2.04. The predicted octanol–water partition coefficient (Wildman–Crippen LogP) is 4.41.